The minimum atomic E-state index is -0.123. The molecule has 0 atom stereocenters. The van der Waals surface area contributed by atoms with Crippen LogP contribution in [0.2, 0.25) is 10.0 Å². The van der Waals surface area contributed by atoms with E-state index in [4.69, 9.17) is 32.7 Å². The van der Waals surface area contributed by atoms with Crippen molar-refractivity contribution in [2.24, 2.45) is 5.92 Å². The van der Waals surface area contributed by atoms with Gasteiger partial charge in [-0.25, -0.2) is 0 Å². The van der Waals surface area contributed by atoms with Crippen LogP contribution in [0, 0.1) is 5.92 Å². The zero-order valence-electron chi connectivity index (χ0n) is 11.1. The second-order valence-electron chi connectivity index (χ2n) is 4.57. The lowest BCUT2D eigenvalue weighted by molar-refractivity contribution is 0.0364. The fourth-order valence-corrected chi connectivity index (χ4v) is 1.65. The van der Waals surface area contributed by atoms with Gasteiger partial charge in [0.2, 0.25) is 0 Å². The van der Waals surface area contributed by atoms with E-state index in [0.29, 0.717) is 41.3 Å². The first-order valence-electron chi connectivity index (χ1n) is 6.14. The first kappa shape index (κ1) is 16.4. The van der Waals surface area contributed by atoms with Crippen molar-refractivity contribution in [1.29, 1.82) is 0 Å². The van der Waals surface area contributed by atoms with Gasteiger partial charge in [0.05, 0.1) is 23.3 Å². The highest BCUT2D eigenvalue weighted by atomic mass is 35.5. The quantitative estimate of drug-likeness (QED) is 0.540. The summed E-state index contributed by atoms with van der Waals surface area (Å²) < 4.78 is 10.6. The molecule has 1 rings (SSSR count). The van der Waals surface area contributed by atoms with Crippen molar-refractivity contribution in [1.82, 2.24) is 0 Å². The zero-order chi connectivity index (χ0) is 14.3. The summed E-state index contributed by atoms with van der Waals surface area (Å²) >= 11 is 11.6. The molecule has 106 valence electrons. The Kier molecular flexibility index (Phi) is 7.39. The van der Waals surface area contributed by atoms with Crippen LogP contribution in [0.1, 0.15) is 24.2 Å². The maximum atomic E-state index is 11.8. The molecular weight excluding hydrogens is 287 g/mol. The topological polar surface area (TPSA) is 35.5 Å². The second-order valence-corrected chi connectivity index (χ2v) is 5.39. The van der Waals surface area contributed by atoms with E-state index in [0.717, 1.165) is 0 Å². The molecule has 1 aromatic rings. The molecule has 0 radical (unpaired) electrons. The fraction of sp³-hybridized carbons (Fsp3) is 0.500. The van der Waals surface area contributed by atoms with Crippen molar-refractivity contribution < 1.29 is 14.3 Å². The van der Waals surface area contributed by atoms with Gasteiger partial charge in [0.25, 0.3) is 0 Å². The van der Waals surface area contributed by atoms with Crippen LogP contribution in [-0.2, 0) is 9.47 Å². The molecule has 0 spiro atoms. The highest BCUT2D eigenvalue weighted by Gasteiger charge is 2.08. The van der Waals surface area contributed by atoms with Gasteiger partial charge in [-0.15, -0.1) is 0 Å². The monoisotopic (exact) mass is 304 g/mol. The second kappa shape index (κ2) is 8.54. The molecule has 0 N–H and O–H groups in total. The van der Waals surface area contributed by atoms with Gasteiger partial charge >= 0.3 is 0 Å². The minimum absolute atomic E-state index is 0.0169. The Morgan fingerprint density at radius 3 is 2.47 bits per heavy atom. The van der Waals surface area contributed by atoms with Gasteiger partial charge in [0.15, 0.2) is 5.78 Å². The maximum Gasteiger partial charge on any atom is 0.188 e. The highest BCUT2D eigenvalue weighted by Crippen LogP contribution is 2.22. The third kappa shape index (κ3) is 6.39. The third-order valence-electron chi connectivity index (χ3n) is 2.30. The molecular formula is C14H18Cl2O3. The average Bonchev–Trinajstić information content (AvgIpc) is 2.36. The Labute approximate surface area is 123 Å². The van der Waals surface area contributed by atoms with Gasteiger partial charge in [-0.3, -0.25) is 4.79 Å². The van der Waals surface area contributed by atoms with E-state index in [1.807, 2.05) is 0 Å². The van der Waals surface area contributed by atoms with Gasteiger partial charge in [-0.1, -0.05) is 37.0 Å². The molecule has 0 saturated heterocycles. The molecule has 0 saturated carbocycles. The number of benzene rings is 1. The fourth-order valence-electron chi connectivity index (χ4n) is 1.35. The number of hydrogen-bond acceptors (Lipinski definition) is 3. The normalized spacial score (nSPS) is 11.0. The summed E-state index contributed by atoms with van der Waals surface area (Å²) in [6, 6.07) is 4.78. The predicted octanol–water partition coefficient (Wildman–Crippen LogP) is 3.87. The molecule has 0 heterocycles. The van der Waals surface area contributed by atoms with E-state index in [-0.39, 0.29) is 12.4 Å². The molecule has 0 aliphatic carbocycles. The zero-order valence-corrected chi connectivity index (χ0v) is 12.6. The Balaban J connectivity index is 2.26. The van der Waals surface area contributed by atoms with E-state index in [9.17, 15) is 4.79 Å². The van der Waals surface area contributed by atoms with Crippen molar-refractivity contribution in [2.45, 2.75) is 13.8 Å². The van der Waals surface area contributed by atoms with Crippen LogP contribution in [-0.4, -0.2) is 32.2 Å². The van der Waals surface area contributed by atoms with Crippen LogP contribution >= 0.6 is 23.2 Å². The number of Topliss-reactive ketones (excluding diaryl/α,β-unsaturated/α-hetero) is 1. The Hall–Kier alpha value is -0.610. The van der Waals surface area contributed by atoms with Gasteiger partial charge in [-0.2, -0.15) is 0 Å². The number of rotatable bonds is 8. The lowest BCUT2D eigenvalue weighted by Gasteiger charge is -2.07. The van der Waals surface area contributed by atoms with Crippen LogP contribution in [0.25, 0.3) is 0 Å². The van der Waals surface area contributed by atoms with E-state index in [1.165, 1.54) is 0 Å². The molecule has 0 aliphatic heterocycles. The lowest BCUT2D eigenvalue weighted by Crippen LogP contribution is -2.13. The van der Waals surface area contributed by atoms with Crippen molar-refractivity contribution in [3.63, 3.8) is 0 Å². The van der Waals surface area contributed by atoms with Gasteiger partial charge in [-0.05, 0) is 24.1 Å². The smallest absolute Gasteiger partial charge is 0.188 e. The van der Waals surface area contributed by atoms with Gasteiger partial charge in [0, 0.05) is 12.2 Å². The van der Waals surface area contributed by atoms with Crippen LogP contribution in [0.4, 0.5) is 0 Å². The Morgan fingerprint density at radius 2 is 1.84 bits per heavy atom. The summed E-state index contributed by atoms with van der Waals surface area (Å²) in [6.45, 7) is 5.77. The van der Waals surface area contributed by atoms with E-state index in [1.54, 1.807) is 18.2 Å². The summed E-state index contributed by atoms with van der Waals surface area (Å²) in [5, 5.41) is 0.800. The van der Waals surface area contributed by atoms with Crippen LogP contribution in [0.15, 0.2) is 18.2 Å². The third-order valence-corrected chi connectivity index (χ3v) is 3.04. The standard InChI is InChI=1S/C14H18Cl2O3/c1-10(2)8-18-5-6-19-9-14(17)11-3-4-12(15)13(16)7-11/h3-4,7,10H,5-6,8-9H2,1-2H3. The Bertz CT molecular complexity index is 419. The predicted molar refractivity (Wildman–Crippen MR) is 77.3 cm³/mol. The average molecular weight is 305 g/mol. The molecule has 0 bridgehead atoms. The van der Waals surface area contributed by atoms with E-state index < -0.39 is 0 Å². The number of carbonyl (C=O) groups is 1. The first-order chi connectivity index (χ1) is 9.00. The first-order valence-corrected chi connectivity index (χ1v) is 6.90. The highest BCUT2D eigenvalue weighted by molar-refractivity contribution is 6.42. The van der Waals surface area contributed by atoms with E-state index in [2.05, 4.69) is 13.8 Å². The maximum absolute atomic E-state index is 11.8. The van der Waals surface area contributed by atoms with Gasteiger partial charge in [0.1, 0.15) is 6.61 Å². The van der Waals surface area contributed by atoms with Crippen LogP contribution in [0.5, 0.6) is 0 Å². The molecule has 0 amide bonds. The number of carbonyl (C=O) groups excluding carboxylic acids is 1. The van der Waals surface area contributed by atoms with Crippen LogP contribution < -0.4 is 0 Å². The summed E-state index contributed by atoms with van der Waals surface area (Å²) in [7, 11) is 0. The summed E-state index contributed by atoms with van der Waals surface area (Å²) in [6.07, 6.45) is 0. The summed E-state index contributed by atoms with van der Waals surface area (Å²) in [5.74, 6) is 0.375. The molecule has 0 unspecified atom stereocenters. The molecule has 1 aromatic carbocycles. The van der Waals surface area contributed by atoms with Crippen molar-refractivity contribution in [2.75, 3.05) is 26.4 Å². The number of ketones is 1. The molecule has 0 fully saturated rings. The van der Waals surface area contributed by atoms with Crippen LogP contribution in [0.3, 0.4) is 0 Å². The minimum Gasteiger partial charge on any atom is -0.379 e. The van der Waals surface area contributed by atoms with Crippen molar-refractivity contribution in [3.05, 3.63) is 33.8 Å². The number of hydrogen-bond donors (Lipinski definition) is 0. The molecule has 3 nitrogen and oxygen atoms in total. The SMILES string of the molecule is CC(C)COCCOCC(=O)c1ccc(Cl)c(Cl)c1. The molecule has 5 heteroatoms. The summed E-state index contributed by atoms with van der Waals surface area (Å²) in [4.78, 5) is 11.8. The van der Waals surface area contributed by atoms with E-state index >= 15 is 0 Å². The molecule has 0 aliphatic rings. The number of halogens is 2. The Morgan fingerprint density at radius 1 is 1.16 bits per heavy atom. The number of ether oxygens (including phenoxy) is 2. The lowest BCUT2D eigenvalue weighted by atomic mass is 10.1. The summed E-state index contributed by atoms with van der Waals surface area (Å²) in [5.41, 5.74) is 0.498. The van der Waals surface area contributed by atoms with Crippen molar-refractivity contribution in [3.8, 4) is 0 Å². The molecule has 19 heavy (non-hydrogen) atoms. The molecule has 0 aromatic heterocycles. The largest absolute Gasteiger partial charge is 0.379 e. The van der Waals surface area contributed by atoms with Crippen molar-refractivity contribution >= 4 is 29.0 Å². The van der Waals surface area contributed by atoms with Gasteiger partial charge < -0.3 is 9.47 Å².